The lowest BCUT2D eigenvalue weighted by Crippen LogP contribution is -2.55. The van der Waals surface area contributed by atoms with E-state index in [4.69, 9.17) is 13.8 Å². The lowest BCUT2D eigenvalue weighted by molar-refractivity contribution is -0.143. The Morgan fingerprint density at radius 1 is 0.803 bits per heavy atom. The molecule has 3 aliphatic rings. The van der Waals surface area contributed by atoms with Crippen molar-refractivity contribution in [1.82, 2.24) is 40.6 Å². The van der Waals surface area contributed by atoms with E-state index < -0.39 is 48.1 Å². The number of fused-ring (bicyclic) bond motifs is 1. The van der Waals surface area contributed by atoms with Gasteiger partial charge < -0.3 is 44.2 Å². The Morgan fingerprint density at radius 3 is 2.06 bits per heavy atom. The number of benzene rings is 3. The van der Waals surface area contributed by atoms with Gasteiger partial charge in [0.25, 0.3) is 5.91 Å². The second kappa shape index (κ2) is 20.7. The number of ether oxygens (including phenoxy) is 1. The van der Waals surface area contributed by atoms with Crippen molar-refractivity contribution in [3.8, 4) is 27.5 Å². The molecule has 3 aromatic heterocycles. The Morgan fingerprint density at radius 2 is 1.46 bits per heavy atom. The van der Waals surface area contributed by atoms with E-state index >= 15 is 0 Å². The number of thiazole rings is 1. The van der Waals surface area contributed by atoms with Crippen molar-refractivity contribution in [3.63, 3.8) is 0 Å². The molecule has 0 bridgehead atoms. The van der Waals surface area contributed by atoms with E-state index in [9.17, 15) is 29.1 Å². The van der Waals surface area contributed by atoms with Crippen LogP contribution in [0.4, 0.5) is 0 Å². The maximum absolute atomic E-state index is 14.6. The third-order valence-corrected chi connectivity index (χ3v) is 14.6. The summed E-state index contributed by atoms with van der Waals surface area (Å²) in [7, 11) is 0. The van der Waals surface area contributed by atoms with Gasteiger partial charge >= 0.3 is 0 Å². The van der Waals surface area contributed by atoms with Crippen LogP contribution in [0.3, 0.4) is 0 Å². The first-order valence-electron chi connectivity index (χ1n) is 24.0. The lowest BCUT2D eigenvalue weighted by Gasteiger charge is -2.35. The standard InChI is InChI=1S/C53H58N8O9S/c1-29(2)46(45-19-31(5)58-70-45)52(66)60-27-40(22-43(60)50(64)55-24-34-9-13-36(14-10-34)48-32(6)56-28-71-48)68-39-15-16-41-37(20-39)25-61(51(41)65)47(30(3)4)53(67)59-26-38(62)21-42(59)49(63)54-23-33-7-11-35(12-8-33)44-17-18-57-69-44/h7-20,28-30,38,40,42-43,46-47,62H,21-27H2,1-6H3,(H,54,63)(H,55,64)/t38-,40-,42+,43+,46?,47+/m1/s1. The first kappa shape index (κ1) is 48.8. The predicted octanol–water partition coefficient (Wildman–Crippen LogP) is 6.43. The van der Waals surface area contributed by atoms with Crippen LogP contribution in [0, 0.1) is 25.7 Å². The van der Waals surface area contributed by atoms with Crippen molar-refractivity contribution in [3.05, 3.63) is 130 Å². The van der Waals surface area contributed by atoms with E-state index in [-0.39, 0.29) is 75.1 Å². The molecule has 370 valence electrons. The van der Waals surface area contributed by atoms with Crippen molar-refractivity contribution >= 4 is 40.9 Å². The lowest BCUT2D eigenvalue weighted by atomic mass is 9.91. The number of nitrogens with zero attached hydrogens (tertiary/aromatic N) is 6. The number of aryl methyl sites for hydroxylation is 2. The minimum absolute atomic E-state index is 0.0459. The van der Waals surface area contributed by atoms with Gasteiger partial charge in [0.1, 0.15) is 41.7 Å². The van der Waals surface area contributed by atoms with Crippen molar-refractivity contribution < 1.29 is 42.9 Å². The number of rotatable bonds is 16. The molecule has 2 fully saturated rings. The van der Waals surface area contributed by atoms with E-state index in [1.54, 1.807) is 59.7 Å². The summed E-state index contributed by atoms with van der Waals surface area (Å²) >= 11 is 1.57. The number of nitrogens with one attached hydrogen (secondary N) is 2. The van der Waals surface area contributed by atoms with Gasteiger partial charge in [-0.3, -0.25) is 24.0 Å². The van der Waals surface area contributed by atoms with Crippen LogP contribution in [-0.4, -0.2) is 108 Å². The topological polar surface area (TPSA) is 214 Å². The third-order valence-electron chi connectivity index (χ3n) is 13.6. The van der Waals surface area contributed by atoms with Crippen LogP contribution in [0.15, 0.2) is 99.6 Å². The van der Waals surface area contributed by atoms with Crippen LogP contribution in [0.5, 0.6) is 5.75 Å². The van der Waals surface area contributed by atoms with Crippen molar-refractivity contribution in [1.29, 1.82) is 0 Å². The summed E-state index contributed by atoms with van der Waals surface area (Å²) in [5.41, 5.74) is 8.10. The summed E-state index contributed by atoms with van der Waals surface area (Å²) in [5, 5.41) is 24.6. The maximum atomic E-state index is 14.6. The van der Waals surface area contributed by atoms with Crippen LogP contribution < -0.4 is 15.4 Å². The quantitative estimate of drug-likeness (QED) is 0.0957. The summed E-state index contributed by atoms with van der Waals surface area (Å²) in [4.78, 5) is 81.0. The minimum Gasteiger partial charge on any atom is -0.488 e. The predicted molar refractivity (Wildman–Crippen MR) is 262 cm³/mol. The van der Waals surface area contributed by atoms with E-state index in [0.29, 0.717) is 34.1 Å². The zero-order chi connectivity index (χ0) is 50.1. The molecule has 6 atom stereocenters. The molecule has 6 aromatic rings. The molecule has 1 unspecified atom stereocenters. The zero-order valence-corrected chi connectivity index (χ0v) is 41.4. The van der Waals surface area contributed by atoms with Gasteiger partial charge in [-0.2, -0.15) is 0 Å². The van der Waals surface area contributed by atoms with E-state index in [1.807, 2.05) is 88.7 Å². The number of amides is 5. The molecule has 71 heavy (non-hydrogen) atoms. The molecule has 17 nitrogen and oxygen atoms in total. The fourth-order valence-electron chi connectivity index (χ4n) is 10.0. The summed E-state index contributed by atoms with van der Waals surface area (Å²) in [6, 6.07) is 21.3. The molecule has 3 aromatic carbocycles. The zero-order valence-electron chi connectivity index (χ0n) is 40.5. The smallest absolute Gasteiger partial charge is 0.255 e. The van der Waals surface area contributed by atoms with Crippen LogP contribution in [0.2, 0.25) is 0 Å². The highest BCUT2D eigenvalue weighted by Crippen LogP contribution is 2.36. The van der Waals surface area contributed by atoms with Crippen LogP contribution in [0.1, 0.15) is 90.7 Å². The second-order valence-corrected chi connectivity index (χ2v) is 20.2. The van der Waals surface area contributed by atoms with E-state index in [0.717, 1.165) is 32.8 Å². The monoisotopic (exact) mass is 982 g/mol. The second-order valence-electron chi connectivity index (χ2n) is 19.4. The number of β-amino-alcohol motifs (C(OH)–C–C–N with tert-alkyl or cyclic N) is 1. The van der Waals surface area contributed by atoms with Crippen molar-refractivity contribution in [2.75, 3.05) is 13.1 Å². The molecule has 0 saturated carbocycles. The van der Waals surface area contributed by atoms with Gasteiger partial charge in [0.15, 0.2) is 5.76 Å². The Hall–Kier alpha value is -7.18. The first-order valence-corrected chi connectivity index (χ1v) is 24.9. The molecule has 0 spiro atoms. The van der Waals surface area contributed by atoms with E-state index in [2.05, 4.69) is 25.9 Å². The SMILES string of the molecule is Cc1cc(C(C(=O)N2C[C@H](Oc3ccc4c(c3)CN([C@H](C(=O)N3C[C@H](O)C[C@H]3C(=O)NCc3ccc(-c5ccno5)cc3)C(C)C)C4=O)C[C@H]2C(=O)NCc2ccc(-c3scnc3C)cc2)C(C)C)on1. The summed E-state index contributed by atoms with van der Waals surface area (Å²) < 4.78 is 17.4. The molecule has 2 saturated heterocycles. The molecular formula is C53H58N8O9S. The normalized spacial score (nSPS) is 19.6. The Balaban J connectivity index is 0.875. The van der Waals surface area contributed by atoms with Crippen LogP contribution in [0.25, 0.3) is 21.8 Å². The molecule has 18 heteroatoms. The number of likely N-dealkylation sites (tertiary alicyclic amines) is 2. The molecule has 5 amide bonds. The highest BCUT2D eigenvalue weighted by Gasteiger charge is 2.47. The number of carbonyl (C=O) groups is 5. The molecule has 0 aliphatic carbocycles. The third kappa shape index (κ3) is 10.4. The van der Waals surface area contributed by atoms with Gasteiger partial charge in [-0.15, -0.1) is 11.3 Å². The van der Waals surface area contributed by atoms with Gasteiger partial charge in [-0.05, 0) is 66.1 Å². The fraction of sp³-hybridized carbons (Fsp3) is 0.396. The van der Waals surface area contributed by atoms with Gasteiger partial charge in [-0.25, -0.2) is 4.98 Å². The number of carbonyl (C=O) groups excluding carboxylic acids is 5. The molecule has 9 rings (SSSR count). The first-order chi connectivity index (χ1) is 34.1. The van der Waals surface area contributed by atoms with Gasteiger partial charge in [0, 0.05) is 62.3 Å². The molecular weight excluding hydrogens is 925 g/mol. The van der Waals surface area contributed by atoms with Gasteiger partial charge in [0.05, 0.1) is 40.6 Å². The molecule has 3 aliphatic heterocycles. The molecule has 6 heterocycles. The average molecular weight is 983 g/mol. The molecule has 0 radical (unpaired) electrons. The highest BCUT2D eigenvalue weighted by atomic mass is 32.1. The minimum atomic E-state index is -0.933. The maximum Gasteiger partial charge on any atom is 0.255 e. The van der Waals surface area contributed by atoms with Crippen LogP contribution in [-0.2, 0) is 38.8 Å². The number of aliphatic hydroxyl groups is 1. The van der Waals surface area contributed by atoms with E-state index in [1.165, 1.54) is 9.80 Å². The Labute approximate surface area is 415 Å². The number of hydrogen-bond acceptors (Lipinski definition) is 13. The summed E-state index contributed by atoms with van der Waals surface area (Å²) in [6.45, 7) is 12.0. The van der Waals surface area contributed by atoms with Gasteiger partial charge in [0.2, 0.25) is 23.6 Å². The van der Waals surface area contributed by atoms with Crippen molar-refractivity contribution in [2.45, 2.75) is 110 Å². The van der Waals surface area contributed by atoms with Crippen molar-refractivity contribution in [2.24, 2.45) is 11.8 Å². The van der Waals surface area contributed by atoms with Gasteiger partial charge in [-0.1, -0.05) is 86.5 Å². The number of aromatic nitrogens is 3. The largest absolute Gasteiger partial charge is 0.488 e. The Kier molecular flexibility index (Phi) is 14.2. The number of aliphatic hydroxyl groups excluding tert-OH is 1. The summed E-state index contributed by atoms with van der Waals surface area (Å²) in [6.07, 6.45) is 0.340. The number of hydrogen-bond donors (Lipinski definition) is 3. The molecule has 3 N–H and O–H groups in total. The fourth-order valence-corrected chi connectivity index (χ4v) is 10.8. The summed E-state index contributed by atoms with van der Waals surface area (Å²) in [5.74, 6) is -1.45. The highest BCUT2D eigenvalue weighted by molar-refractivity contribution is 7.13. The average Bonchev–Trinajstić information content (AvgIpc) is 4.23. The Bertz CT molecular complexity index is 2900. The van der Waals surface area contributed by atoms with Crippen LogP contribution >= 0.6 is 11.3 Å².